The Bertz CT molecular complexity index is 517. The number of aromatic hydroxyl groups is 1. The number of benzene rings is 1. The van der Waals surface area contributed by atoms with Crippen LogP contribution in [0.4, 0.5) is 0 Å². The molecule has 0 radical (unpaired) electrons. The number of β-amino-alcohol motifs (C(OH)–C–C–N with tert-alkyl or cyclic N) is 1. The summed E-state index contributed by atoms with van der Waals surface area (Å²) in [5.74, 6) is 0.431. The smallest absolute Gasteiger partial charge is 0.123 e. The van der Waals surface area contributed by atoms with Crippen LogP contribution in [0.5, 0.6) is 5.75 Å². The highest BCUT2D eigenvalue weighted by molar-refractivity contribution is 5.49. The molecule has 1 fully saturated rings. The lowest BCUT2D eigenvalue weighted by Crippen LogP contribution is -2.57. The zero-order valence-electron chi connectivity index (χ0n) is 15.1. The number of hydrogen-bond acceptors (Lipinski definition) is 3. The number of likely N-dealkylation sites (tertiary alicyclic amines) is 1. The Labute approximate surface area is 135 Å². The molecule has 1 aromatic carbocycles. The summed E-state index contributed by atoms with van der Waals surface area (Å²) in [7, 11) is 0. The summed E-state index contributed by atoms with van der Waals surface area (Å²) in [6.07, 6.45) is -0.207. The van der Waals surface area contributed by atoms with Gasteiger partial charge in [-0.3, -0.25) is 4.90 Å². The molecule has 0 spiro atoms. The van der Waals surface area contributed by atoms with Crippen LogP contribution in [0.1, 0.15) is 65.2 Å². The van der Waals surface area contributed by atoms with E-state index in [0.29, 0.717) is 5.75 Å². The summed E-state index contributed by atoms with van der Waals surface area (Å²) < 4.78 is 0. The molecule has 1 heterocycles. The largest absolute Gasteiger partial charge is 0.507 e. The average Bonchev–Trinajstić information content (AvgIpc) is 2.37. The van der Waals surface area contributed by atoms with Crippen molar-refractivity contribution in [3.8, 4) is 5.75 Å². The normalized spacial score (nSPS) is 23.5. The van der Waals surface area contributed by atoms with Crippen molar-refractivity contribution in [2.75, 3.05) is 6.54 Å². The second kappa shape index (κ2) is 5.54. The quantitative estimate of drug-likeness (QED) is 0.878. The monoisotopic (exact) mass is 305 g/mol. The highest BCUT2D eigenvalue weighted by Crippen LogP contribution is 2.40. The molecule has 0 bridgehead atoms. The van der Waals surface area contributed by atoms with Crippen LogP contribution in [-0.4, -0.2) is 33.8 Å². The molecule has 0 aliphatic carbocycles. The Balaban J connectivity index is 2.42. The molecule has 124 valence electrons. The Kier molecular flexibility index (Phi) is 4.35. The third kappa shape index (κ3) is 3.31. The predicted octanol–water partition coefficient (Wildman–Crippen LogP) is 3.55. The first kappa shape index (κ1) is 17.3. The van der Waals surface area contributed by atoms with Gasteiger partial charge in [-0.05, 0) is 34.4 Å². The van der Waals surface area contributed by atoms with Crippen LogP contribution in [-0.2, 0) is 17.4 Å². The topological polar surface area (TPSA) is 43.7 Å². The highest BCUT2D eigenvalue weighted by Gasteiger charge is 2.34. The lowest BCUT2D eigenvalue weighted by Gasteiger charge is -2.43. The molecule has 3 heteroatoms. The first-order valence-electron chi connectivity index (χ1n) is 8.20. The van der Waals surface area contributed by atoms with Gasteiger partial charge >= 0.3 is 0 Å². The minimum absolute atomic E-state index is 0.0971. The summed E-state index contributed by atoms with van der Waals surface area (Å²) >= 11 is 0. The van der Waals surface area contributed by atoms with E-state index in [0.717, 1.165) is 24.2 Å². The summed E-state index contributed by atoms with van der Waals surface area (Å²) in [5, 5.41) is 20.4. The van der Waals surface area contributed by atoms with E-state index in [2.05, 4.69) is 65.5 Å². The molecule has 0 amide bonds. The van der Waals surface area contributed by atoms with Gasteiger partial charge in [0.15, 0.2) is 0 Å². The van der Waals surface area contributed by atoms with E-state index in [-0.39, 0.29) is 23.0 Å². The van der Waals surface area contributed by atoms with E-state index in [1.807, 2.05) is 0 Å². The third-order valence-corrected chi connectivity index (χ3v) is 4.73. The van der Waals surface area contributed by atoms with Crippen LogP contribution >= 0.6 is 0 Å². The first-order chi connectivity index (χ1) is 9.91. The van der Waals surface area contributed by atoms with Crippen molar-refractivity contribution in [3.05, 3.63) is 28.8 Å². The van der Waals surface area contributed by atoms with Gasteiger partial charge in [-0.2, -0.15) is 0 Å². The number of aliphatic hydroxyl groups is 1. The zero-order valence-corrected chi connectivity index (χ0v) is 15.1. The number of phenolic OH excluding ortho intramolecular Hbond substituents is 1. The minimum Gasteiger partial charge on any atom is -0.507 e. The second-order valence-electron chi connectivity index (χ2n) is 8.78. The summed E-state index contributed by atoms with van der Waals surface area (Å²) in [5.41, 5.74) is 3.03. The Morgan fingerprint density at radius 3 is 1.82 bits per heavy atom. The van der Waals surface area contributed by atoms with Gasteiger partial charge in [0.2, 0.25) is 0 Å². The van der Waals surface area contributed by atoms with Gasteiger partial charge in [0.05, 0.1) is 6.10 Å². The van der Waals surface area contributed by atoms with Crippen molar-refractivity contribution in [1.29, 1.82) is 0 Å². The second-order valence-corrected chi connectivity index (χ2v) is 8.78. The molecule has 3 nitrogen and oxygen atoms in total. The fourth-order valence-corrected chi connectivity index (χ4v) is 3.04. The number of aliphatic hydroxyl groups excluding tert-OH is 1. The van der Waals surface area contributed by atoms with Gasteiger partial charge in [-0.25, -0.2) is 0 Å². The van der Waals surface area contributed by atoms with Crippen molar-refractivity contribution in [3.63, 3.8) is 0 Å². The third-order valence-electron chi connectivity index (χ3n) is 4.73. The summed E-state index contributed by atoms with van der Waals surface area (Å²) in [6.45, 7) is 16.4. The van der Waals surface area contributed by atoms with Crippen molar-refractivity contribution in [2.24, 2.45) is 0 Å². The molecule has 2 atom stereocenters. The van der Waals surface area contributed by atoms with Gasteiger partial charge in [0.25, 0.3) is 0 Å². The molecular formula is C19H31NO2. The van der Waals surface area contributed by atoms with Crippen LogP contribution in [0.25, 0.3) is 0 Å². The molecule has 1 saturated heterocycles. The Morgan fingerprint density at radius 2 is 1.50 bits per heavy atom. The SMILES string of the molecule is C[C@H]1C(O)CN1Cc1cc(C(C)(C)C)c(O)c(C(C)(C)C)c1. The van der Waals surface area contributed by atoms with E-state index in [1.54, 1.807) is 0 Å². The van der Waals surface area contributed by atoms with Gasteiger partial charge in [-0.1, -0.05) is 53.7 Å². The maximum atomic E-state index is 10.7. The molecular weight excluding hydrogens is 274 g/mol. The molecule has 1 aliphatic rings. The Hall–Kier alpha value is -1.06. The van der Waals surface area contributed by atoms with Crippen LogP contribution < -0.4 is 0 Å². The Morgan fingerprint density at radius 1 is 1.05 bits per heavy atom. The van der Waals surface area contributed by atoms with Crippen molar-refractivity contribution in [1.82, 2.24) is 4.90 Å². The van der Waals surface area contributed by atoms with E-state index < -0.39 is 0 Å². The fourth-order valence-electron chi connectivity index (χ4n) is 3.04. The lowest BCUT2D eigenvalue weighted by atomic mass is 9.78. The maximum absolute atomic E-state index is 10.7. The molecule has 1 aromatic rings. The highest BCUT2D eigenvalue weighted by atomic mass is 16.3. The number of phenols is 1. The molecule has 1 unspecified atom stereocenters. The molecule has 2 rings (SSSR count). The van der Waals surface area contributed by atoms with Crippen LogP contribution in [0, 0.1) is 0 Å². The van der Waals surface area contributed by atoms with Gasteiger partial charge in [-0.15, -0.1) is 0 Å². The summed E-state index contributed by atoms with van der Waals surface area (Å²) in [4.78, 5) is 2.27. The molecule has 22 heavy (non-hydrogen) atoms. The van der Waals surface area contributed by atoms with Gasteiger partial charge < -0.3 is 10.2 Å². The van der Waals surface area contributed by atoms with E-state index >= 15 is 0 Å². The average molecular weight is 305 g/mol. The molecule has 0 saturated carbocycles. The molecule has 2 N–H and O–H groups in total. The van der Waals surface area contributed by atoms with Crippen LogP contribution in [0.15, 0.2) is 12.1 Å². The van der Waals surface area contributed by atoms with Crippen LogP contribution in [0.2, 0.25) is 0 Å². The van der Waals surface area contributed by atoms with E-state index in [1.165, 1.54) is 5.56 Å². The molecule has 0 aromatic heterocycles. The van der Waals surface area contributed by atoms with E-state index in [4.69, 9.17) is 0 Å². The van der Waals surface area contributed by atoms with E-state index in [9.17, 15) is 10.2 Å². The maximum Gasteiger partial charge on any atom is 0.123 e. The fraction of sp³-hybridized carbons (Fsp3) is 0.684. The van der Waals surface area contributed by atoms with Crippen molar-refractivity contribution >= 4 is 0 Å². The number of nitrogens with zero attached hydrogens (tertiary/aromatic N) is 1. The van der Waals surface area contributed by atoms with Crippen LogP contribution in [0.3, 0.4) is 0 Å². The number of rotatable bonds is 2. The van der Waals surface area contributed by atoms with Crippen molar-refractivity contribution < 1.29 is 10.2 Å². The standard InChI is InChI=1S/C19H31NO2/c1-12-16(21)11-20(12)10-13-8-14(18(2,3)4)17(22)15(9-13)19(5,6)7/h8-9,12,16,21-22H,10-11H2,1-7H3/t12-,16?/m0/s1. The minimum atomic E-state index is -0.207. The van der Waals surface area contributed by atoms with Gasteiger partial charge in [0.1, 0.15) is 5.75 Å². The zero-order chi connectivity index (χ0) is 16.9. The first-order valence-corrected chi connectivity index (χ1v) is 8.20. The molecule has 1 aliphatic heterocycles. The summed E-state index contributed by atoms with van der Waals surface area (Å²) in [6, 6.07) is 4.47. The van der Waals surface area contributed by atoms with Gasteiger partial charge in [0, 0.05) is 19.1 Å². The number of hydrogen-bond donors (Lipinski definition) is 2. The lowest BCUT2D eigenvalue weighted by molar-refractivity contribution is -0.0571. The predicted molar refractivity (Wildman–Crippen MR) is 91.4 cm³/mol. The van der Waals surface area contributed by atoms with Crippen molar-refractivity contribution in [2.45, 2.75) is 78.0 Å².